The zero-order valence-corrected chi connectivity index (χ0v) is 12.8. The Morgan fingerprint density at radius 2 is 1.84 bits per heavy atom. The van der Waals surface area contributed by atoms with Gasteiger partial charge in [0.2, 0.25) is 0 Å². The molecule has 0 aliphatic carbocycles. The topological polar surface area (TPSA) is 69.6 Å². The molecule has 0 fully saturated rings. The minimum absolute atomic E-state index is 0.205. The van der Waals surface area contributed by atoms with Gasteiger partial charge < -0.3 is 15.3 Å². The van der Waals surface area contributed by atoms with Crippen LogP contribution in [-0.2, 0) is 4.79 Å². The third-order valence-corrected chi connectivity index (χ3v) is 2.95. The Kier molecular flexibility index (Phi) is 7.49. The van der Waals surface area contributed by atoms with Gasteiger partial charge in [0.25, 0.3) is 0 Å². The van der Waals surface area contributed by atoms with Crippen LogP contribution < -0.4 is 5.32 Å². The maximum absolute atomic E-state index is 11.7. The van der Waals surface area contributed by atoms with E-state index in [4.69, 9.17) is 5.11 Å². The number of amides is 2. The Balaban J connectivity index is 3.77. The number of aliphatic carboxylic acids is 1. The van der Waals surface area contributed by atoms with Crippen molar-refractivity contribution >= 4 is 12.0 Å². The number of carbonyl (C=O) groups is 2. The van der Waals surface area contributed by atoms with E-state index >= 15 is 0 Å². The smallest absolute Gasteiger partial charge is 0.317 e. The van der Waals surface area contributed by atoms with E-state index < -0.39 is 11.9 Å². The first kappa shape index (κ1) is 17.7. The summed E-state index contributed by atoms with van der Waals surface area (Å²) in [5.74, 6) is -1.43. The van der Waals surface area contributed by atoms with E-state index in [0.29, 0.717) is 12.0 Å². The Morgan fingerprint density at radius 1 is 1.26 bits per heavy atom. The number of carbonyl (C=O) groups excluding carboxylic acids is 1. The van der Waals surface area contributed by atoms with Crippen LogP contribution in [0.2, 0.25) is 0 Å². The number of nitrogens with zero attached hydrogens (tertiary/aromatic N) is 1. The van der Waals surface area contributed by atoms with Crippen molar-refractivity contribution in [2.45, 2.75) is 47.0 Å². The number of carboxylic acids is 1. The number of hydrogen-bond acceptors (Lipinski definition) is 2. The summed E-state index contributed by atoms with van der Waals surface area (Å²) in [6.45, 7) is 9.06. The molecule has 0 spiro atoms. The van der Waals surface area contributed by atoms with E-state index in [2.05, 4.69) is 26.1 Å². The van der Waals surface area contributed by atoms with Crippen LogP contribution in [0, 0.1) is 11.3 Å². The molecule has 0 saturated carbocycles. The van der Waals surface area contributed by atoms with Crippen LogP contribution in [0.5, 0.6) is 0 Å². The standard InChI is InChI=1S/C14H28N2O3/c1-11(12(17)18)10-16(5)13(19)15-9-7-6-8-14(2,3)4/h11H,6-10H2,1-5H3,(H,15,19)(H,17,18). The maximum atomic E-state index is 11.7. The van der Waals surface area contributed by atoms with Gasteiger partial charge in [-0.3, -0.25) is 4.79 Å². The number of nitrogens with one attached hydrogen (secondary N) is 1. The Morgan fingerprint density at radius 3 is 2.32 bits per heavy atom. The summed E-state index contributed by atoms with van der Waals surface area (Å²) in [4.78, 5) is 23.8. The number of carboxylic acid groups (broad SMARTS) is 1. The molecule has 5 heteroatoms. The highest BCUT2D eigenvalue weighted by molar-refractivity contribution is 5.75. The van der Waals surface area contributed by atoms with Gasteiger partial charge in [-0.1, -0.05) is 34.1 Å². The molecule has 0 radical (unpaired) electrons. The zero-order chi connectivity index (χ0) is 15.1. The van der Waals surface area contributed by atoms with Gasteiger partial charge in [0.05, 0.1) is 5.92 Å². The Labute approximate surface area is 116 Å². The van der Waals surface area contributed by atoms with Gasteiger partial charge in [0.15, 0.2) is 0 Å². The quantitative estimate of drug-likeness (QED) is 0.700. The Bertz CT molecular complexity index is 298. The lowest BCUT2D eigenvalue weighted by molar-refractivity contribution is -0.141. The normalized spacial score (nSPS) is 12.9. The minimum Gasteiger partial charge on any atom is -0.481 e. The van der Waals surface area contributed by atoms with Crippen LogP contribution in [0.15, 0.2) is 0 Å². The average Bonchev–Trinajstić information content (AvgIpc) is 2.26. The van der Waals surface area contributed by atoms with Crippen LogP contribution in [0.4, 0.5) is 4.79 Å². The second kappa shape index (κ2) is 8.02. The molecule has 1 unspecified atom stereocenters. The molecule has 2 amide bonds. The monoisotopic (exact) mass is 272 g/mol. The van der Waals surface area contributed by atoms with E-state index in [9.17, 15) is 9.59 Å². The van der Waals surface area contributed by atoms with Gasteiger partial charge in [-0.15, -0.1) is 0 Å². The van der Waals surface area contributed by atoms with E-state index in [1.807, 2.05) is 0 Å². The Hall–Kier alpha value is -1.26. The van der Waals surface area contributed by atoms with Crippen LogP contribution in [0.3, 0.4) is 0 Å². The molecule has 0 aliphatic heterocycles. The number of rotatable bonds is 7. The molecule has 0 bridgehead atoms. The lowest BCUT2D eigenvalue weighted by Crippen LogP contribution is -2.41. The molecule has 112 valence electrons. The van der Waals surface area contributed by atoms with Gasteiger partial charge in [-0.05, 0) is 18.3 Å². The molecule has 19 heavy (non-hydrogen) atoms. The predicted molar refractivity (Wildman–Crippen MR) is 76.1 cm³/mol. The first-order chi connectivity index (χ1) is 8.63. The van der Waals surface area contributed by atoms with Gasteiger partial charge in [-0.2, -0.15) is 0 Å². The van der Waals surface area contributed by atoms with Gasteiger partial charge >= 0.3 is 12.0 Å². The molecular formula is C14H28N2O3. The second-order valence-electron chi connectivity index (χ2n) is 6.37. The van der Waals surface area contributed by atoms with Crippen LogP contribution >= 0.6 is 0 Å². The average molecular weight is 272 g/mol. The highest BCUT2D eigenvalue weighted by atomic mass is 16.4. The molecule has 0 aliphatic rings. The molecule has 0 rings (SSSR count). The largest absolute Gasteiger partial charge is 0.481 e. The lowest BCUT2D eigenvalue weighted by atomic mass is 9.90. The van der Waals surface area contributed by atoms with Crippen molar-refractivity contribution in [3.8, 4) is 0 Å². The number of hydrogen-bond donors (Lipinski definition) is 2. The van der Waals surface area contributed by atoms with E-state index in [1.165, 1.54) is 4.90 Å². The summed E-state index contributed by atoms with van der Waals surface area (Å²) in [7, 11) is 1.62. The third-order valence-electron chi connectivity index (χ3n) is 2.95. The molecule has 2 N–H and O–H groups in total. The molecule has 0 aromatic carbocycles. The van der Waals surface area contributed by atoms with Crippen LogP contribution in [0.1, 0.15) is 47.0 Å². The number of urea groups is 1. The highest BCUT2D eigenvalue weighted by Gasteiger charge is 2.17. The summed E-state index contributed by atoms with van der Waals surface area (Å²) in [5, 5.41) is 11.6. The van der Waals surface area contributed by atoms with Crippen molar-refractivity contribution in [2.75, 3.05) is 20.1 Å². The van der Waals surface area contributed by atoms with Crippen molar-refractivity contribution in [3.63, 3.8) is 0 Å². The number of unbranched alkanes of at least 4 members (excludes halogenated alkanes) is 1. The molecule has 5 nitrogen and oxygen atoms in total. The highest BCUT2D eigenvalue weighted by Crippen LogP contribution is 2.21. The first-order valence-electron chi connectivity index (χ1n) is 6.85. The summed E-state index contributed by atoms with van der Waals surface area (Å²) in [6, 6.07) is -0.205. The van der Waals surface area contributed by atoms with Gasteiger partial charge in [0.1, 0.15) is 0 Å². The van der Waals surface area contributed by atoms with Crippen molar-refractivity contribution in [1.82, 2.24) is 10.2 Å². The second-order valence-corrected chi connectivity index (χ2v) is 6.37. The summed E-state index contributed by atoms with van der Waals surface area (Å²) < 4.78 is 0. The van der Waals surface area contributed by atoms with Crippen molar-refractivity contribution < 1.29 is 14.7 Å². The van der Waals surface area contributed by atoms with Crippen molar-refractivity contribution in [3.05, 3.63) is 0 Å². The van der Waals surface area contributed by atoms with E-state index in [1.54, 1.807) is 14.0 Å². The third kappa shape index (κ3) is 9.33. The molecule has 0 saturated heterocycles. The van der Waals surface area contributed by atoms with E-state index in [0.717, 1.165) is 19.3 Å². The molecule has 0 aromatic rings. The van der Waals surface area contributed by atoms with Gasteiger partial charge in [-0.25, -0.2) is 4.79 Å². The molecular weight excluding hydrogens is 244 g/mol. The van der Waals surface area contributed by atoms with Crippen LogP contribution in [-0.4, -0.2) is 42.1 Å². The molecule has 0 heterocycles. The fraction of sp³-hybridized carbons (Fsp3) is 0.857. The van der Waals surface area contributed by atoms with Crippen LogP contribution in [0.25, 0.3) is 0 Å². The van der Waals surface area contributed by atoms with Crippen molar-refractivity contribution in [1.29, 1.82) is 0 Å². The van der Waals surface area contributed by atoms with Gasteiger partial charge in [0, 0.05) is 20.1 Å². The zero-order valence-electron chi connectivity index (χ0n) is 12.8. The summed E-state index contributed by atoms with van der Waals surface area (Å²) in [6.07, 6.45) is 3.17. The minimum atomic E-state index is -0.884. The SMILES string of the molecule is CC(CN(C)C(=O)NCCCCC(C)(C)C)C(=O)O. The fourth-order valence-corrected chi connectivity index (χ4v) is 1.68. The summed E-state index contributed by atoms with van der Waals surface area (Å²) in [5.41, 5.74) is 0.331. The molecule has 1 atom stereocenters. The summed E-state index contributed by atoms with van der Waals surface area (Å²) >= 11 is 0. The van der Waals surface area contributed by atoms with Crippen molar-refractivity contribution in [2.24, 2.45) is 11.3 Å². The van der Waals surface area contributed by atoms with E-state index in [-0.39, 0.29) is 12.6 Å². The lowest BCUT2D eigenvalue weighted by Gasteiger charge is -2.20. The molecule has 0 aromatic heterocycles. The fourth-order valence-electron chi connectivity index (χ4n) is 1.68. The first-order valence-corrected chi connectivity index (χ1v) is 6.85. The maximum Gasteiger partial charge on any atom is 0.317 e. The predicted octanol–water partition coefficient (Wildman–Crippen LogP) is 2.56.